The molecule has 0 spiro atoms. The summed E-state index contributed by atoms with van der Waals surface area (Å²) in [6.45, 7) is 4.53. The fourth-order valence-corrected chi connectivity index (χ4v) is 2.31. The zero-order valence-corrected chi connectivity index (χ0v) is 11.5. The molecule has 0 atom stereocenters. The van der Waals surface area contributed by atoms with E-state index in [1.165, 1.54) is 6.26 Å². The van der Waals surface area contributed by atoms with E-state index in [2.05, 4.69) is 21.0 Å². The second kappa shape index (κ2) is 4.65. The molecule has 0 bridgehead atoms. The molecule has 0 unspecified atom stereocenters. The lowest BCUT2D eigenvalue weighted by atomic mass is 10.4. The summed E-state index contributed by atoms with van der Waals surface area (Å²) >= 11 is 3.43. The molecule has 1 aromatic heterocycles. The highest BCUT2D eigenvalue weighted by Gasteiger charge is 2.09. The lowest BCUT2D eigenvalue weighted by Crippen LogP contribution is -2.09. The summed E-state index contributed by atoms with van der Waals surface area (Å²) in [5.41, 5.74) is 1.98. The third-order valence-corrected chi connectivity index (χ3v) is 4.36. The molecule has 15 heavy (non-hydrogen) atoms. The average molecular weight is 295 g/mol. The van der Waals surface area contributed by atoms with Crippen LogP contribution >= 0.6 is 15.9 Å². The molecule has 86 valence electrons. The Hall–Kier alpha value is -0.360. The van der Waals surface area contributed by atoms with Gasteiger partial charge in [-0.3, -0.25) is 4.68 Å². The van der Waals surface area contributed by atoms with Crippen molar-refractivity contribution in [2.75, 3.05) is 12.0 Å². The highest BCUT2D eigenvalue weighted by atomic mass is 79.9. The van der Waals surface area contributed by atoms with E-state index in [9.17, 15) is 8.42 Å². The van der Waals surface area contributed by atoms with E-state index in [0.29, 0.717) is 13.0 Å². The Kier molecular flexibility index (Phi) is 3.94. The standard InChI is InChI=1S/C9H15BrN2O2S/c1-7-9(10)8(2)12(11-7)5-4-6-15(3,13)14/h4-6H2,1-3H3. The Bertz CT molecular complexity index is 451. The van der Waals surface area contributed by atoms with Gasteiger partial charge in [0.1, 0.15) is 9.84 Å². The van der Waals surface area contributed by atoms with Crippen molar-refractivity contribution in [3.63, 3.8) is 0 Å². The second-order valence-electron chi connectivity index (χ2n) is 3.69. The summed E-state index contributed by atoms with van der Waals surface area (Å²) < 4.78 is 24.7. The molecule has 6 heteroatoms. The quantitative estimate of drug-likeness (QED) is 0.849. The topological polar surface area (TPSA) is 52.0 Å². The minimum atomic E-state index is -2.86. The van der Waals surface area contributed by atoms with Gasteiger partial charge in [0.25, 0.3) is 0 Å². The first-order valence-corrected chi connectivity index (χ1v) is 7.54. The zero-order valence-electron chi connectivity index (χ0n) is 9.12. The lowest BCUT2D eigenvalue weighted by Gasteiger charge is -2.03. The lowest BCUT2D eigenvalue weighted by molar-refractivity contribution is 0.566. The van der Waals surface area contributed by atoms with E-state index in [-0.39, 0.29) is 5.75 Å². The maximum absolute atomic E-state index is 10.9. The van der Waals surface area contributed by atoms with E-state index < -0.39 is 9.84 Å². The van der Waals surface area contributed by atoms with E-state index in [0.717, 1.165) is 15.9 Å². The Morgan fingerprint density at radius 3 is 2.40 bits per heavy atom. The number of hydrogen-bond acceptors (Lipinski definition) is 3. The normalized spacial score (nSPS) is 12.0. The van der Waals surface area contributed by atoms with Gasteiger partial charge in [-0.1, -0.05) is 0 Å². The summed E-state index contributed by atoms with van der Waals surface area (Å²) in [4.78, 5) is 0. The second-order valence-corrected chi connectivity index (χ2v) is 6.74. The van der Waals surface area contributed by atoms with E-state index >= 15 is 0 Å². The van der Waals surface area contributed by atoms with Crippen LogP contribution < -0.4 is 0 Å². The van der Waals surface area contributed by atoms with Crippen molar-refractivity contribution in [1.82, 2.24) is 9.78 Å². The molecule has 0 fully saturated rings. The highest BCUT2D eigenvalue weighted by molar-refractivity contribution is 9.10. The van der Waals surface area contributed by atoms with Gasteiger partial charge in [0.15, 0.2) is 0 Å². The third-order valence-electron chi connectivity index (χ3n) is 2.18. The van der Waals surface area contributed by atoms with Gasteiger partial charge in [0, 0.05) is 18.5 Å². The molecule has 0 N–H and O–H groups in total. The van der Waals surface area contributed by atoms with Gasteiger partial charge in [-0.25, -0.2) is 8.42 Å². The van der Waals surface area contributed by atoms with Gasteiger partial charge < -0.3 is 0 Å². The van der Waals surface area contributed by atoms with Crippen molar-refractivity contribution < 1.29 is 8.42 Å². The minimum absolute atomic E-state index is 0.211. The number of aromatic nitrogens is 2. The number of sulfone groups is 1. The molecule has 0 aliphatic carbocycles. The van der Waals surface area contributed by atoms with Crippen LogP contribution in [0.5, 0.6) is 0 Å². The smallest absolute Gasteiger partial charge is 0.147 e. The van der Waals surface area contributed by atoms with Gasteiger partial charge in [0.2, 0.25) is 0 Å². The van der Waals surface area contributed by atoms with Gasteiger partial charge in [0.05, 0.1) is 15.9 Å². The molecule has 1 heterocycles. The van der Waals surface area contributed by atoms with Crippen LogP contribution in [0.15, 0.2) is 4.47 Å². The van der Waals surface area contributed by atoms with E-state index in [1.807, 2.05) is 18.5 Å². The van der Waals surface area contributed by atoms with Crippen LogP contribution in [-0.2, 0) is 16.4 Å². The van der Waals surface area contributed by atoms with Crippen molar-refractivity contribution >= 4 is 25.8 Å². The molecule has 0 radical (unpaired) electrons. The molecular formula is C9H15BrN2O2S. The summed E-state index contributed by atoms with van der Waals surface area (Å²) in [7, 11) is -2.86. The van der Waals surface area contributed by atoms with Crippen LogP contribution in [0.1, 0.15) is 17.8 Å². The molecular weight excluding hydrogens is 280 g/mol. The predicted molar refractivity (Wildman–Crippen MR) is 63.7 cm³/mol. The molecule has 4 nitrogen and oxygen atoms in total. The molecule has 1 aromatic rings. The maximum atomic E-state index is 10.9. The maximum Gasteiger partial charge on any atom is 0.147 e. The van der Waals surface area contributed by atoms with Crippen LogP contribution in [0.4, 0.5) is 0 Å². The highest BCUT2D eigenvalue weighted by Crippen LogP contribution is 2.19. The third kappa shape index (κ3) is 3.61. The zero-order chi connectivity index (χ0) is 11.6. The molecule has 0 saturated carbocycles. The minimum Gasteiger partial charge on any atom is -0.268 e. The van der Waals surface area contributed by atoms with Crippen LogP contribution in [0.2, 0.25) is 0 Å². The van der Waals surface area contributed by atoms with Crippen LogP contribution in [0.3, 0.4) is 0 Å². The first-order valence-electron chi connectivity index (χ1n) is 4.68. The van der Waals surface area contributed by atoms with Gasteiger partial charge in [-0.2, -0.15) is 5.10 Å². The summed E-state index contributed by atoms with van der Waals surface area (Å²) in [5.74, 6) is 0.211. The van der Waals surface area contributed by atoms with Crippen LogP contribution in [0.25, 0.3) is 0 Å². The number of hydrogen-bond donors (Lipinski definition) is 0. The summed E-state index contributed by atoms with van der Waals surface area (Å²) in [6.07, 6.45) is 1.86. The van der Waals surface area contributed by atoms with Gasteiger partial charge in [-0.05, 0) is 36.2 Å². The Morgan fingerprint density at radius 2 is 2.00 bits per heavy atom. The Morgan fingerprint density at radius 1 is 1.40 bits per heavy atom. The Balaban J connectivity index is 2.63. The number of halogens is 1. The monoisotopic (exact) mass is 294 g/mol. The van der Waals surface area contributed by atoms with Crippen molar-refractivity contribution in [3.8, 4) is 0 Å². The molecule has 0 aliphatic heterocycles. The molecule has 0 aliphatic rings. The SMILES string of the molecule is Cc1nn(CCCS(C)(=O)=O)c(C)c1Br. The van der Waals surface area contributed by atoms with Gasteiger partial charge in [-0.15, -0.1) is 0 Å². The molecule has 0 amide bonds. The fourth-order valence-electron chi connectivity index (χ4n) is 1.37. The first-order chi connectivity index (χ1) is 6.81. The van der Waals surface area contributed by atoms with E-state index in [4.69, 9.17) is 0 Å². The largest absolute Gasteiger partial charge is 0.268 e. The van der Waals surface area contributed by atoms with Crippen molar-refractivity contribution in [3.05, 3.63) is 15.9 Å². The summed E-state index contributed by atoms with van der Waals surface area (Å²) in [5, 5.41) is 4.30. The molecule has 0 saturated heterocycles. The fraction of sp³-hybridized carbons (Fsp3) is 0.667. The number of nitrogens with zero attached hydrogens (tertiary/aromatic N) is 2. The number of rotatable bonds is 4. The molecule has 1 rings (SSSR count). The predicted octanol–water partition coefficient (Wildman–Crippen LogP) is 1.70. The average Bonchev–Trinajstić information content (AvgIpc) is 2.32. The summed E-state index contributed by atoms with van der Waals surface area (Å²) in [6, 6.07) is 0. The van der Waals surface area contributed by atoms with Crippen LogP contribution in [-0.4, -0.2) is 30.2 Å². The van der Waals surface area contributed by atoms with Crippen LogP contribution in [0, 0.1) is 13.8 Å². The molecule has 0 aromatic carbocycles. The van der Waals surface area contributed by atoms with Crippen molar-refractivity contribution in [2.24, 2.45) is 0 Å². The van der Waals surface area contributed by atoms with Crippen molar-refractivity contribution in [1.29, 1.82) is 0 Å². The van der Waals surface area contributed by atoms with Gasteiger partial charge >= 0.3 is 0 Å². The number of aryl methyl sites for hydroxylation is 2. The van der Waals surface area contributed by atoms with E-state index in [1.54, 1.807) is 0 Å². The van der Waals surface area contributed by atoms with Crippen molar-refractivity contribution in [2.45, 2.75) is 26.8 Å². The Labute approximate surface area is 98.7 Å². The first kappa shape index (κ1) is 12.7.